The molecule has 0 bridgehead atoms. The normalized spacial score (nSPS) is 11.9. The third kappa shape index (κ3) is 2.64. The molecule has 4 nitrogen and oxygen atoms in total. The SMILES string of the molecule is CCn1c(CS(=O)(=O)c2ccc(C)cc2)nc2ccccc21. The molecular weight excluding hydrogens is 296 g/mol. The van der Waals surface area contributed by atoms with Crippen LogP contribution in [0.3, 0.4) is 0 Å². The summed E-state index contributed by atoms with van der Waals surface area (Å²) < 4.78 is 27.2. The van der Waals surface area contributed by atoms with E-state index in [-0.39, 0.29) is 5.75 Å². The Labute approximate surface area is 130 Å². The fraction of sp³-hybridized carbons (Fsp3) is 0.235. The predicted molar refractivity (Wildman–Crippen MR) is 87.5 cm³/mol. The van der Waals surface area contributed by atoms with E-state index in [4.69, 9.17) is 0 Å². The number of aromatic nitrogens is 2. The number of sulfone groups is 1. The summed E-state index contributed by atoms with van der Waals surface area (Å²) in [5, 5.41) is 0. The van der Waals surface area contributed by atoms with E-state index in [2.05, 4.69) is 4.98 Å². The van der Waals surface area contributed by atoms with E-state index in [9.17, 15) is 8.42 Å². The van der Waals surface area contributed by atoms with Gasteiger partial charge in [0.25, 0.3) is 0 Å². The lowest BCUT2D eigenvalue weighted by Crippen LogP contribution is -2.10. The lowest BCUT2D eigenvalue weighted by molar-refractivity contribution is 0.591. The van der Waals surface area contributed by atoms with Gasteiger partial charge in [-0.2, -0.15) is 0 Å². The molecule has 0 aliphatic heterocycles. The van der Waals surface area contributed by atoms with E-state index in [1.54, 1.807) is 12.1 Å². The van der Waals surface area contributed by atoms with Gasteiger partial charge < -0.3 is 4.57 Å². The predicted octanol–water partition coefficient (Wildman–Crippen LogP) is 3.34. The zero-order valence-electron chi connectivity index (χ0n) is 12.7. The van der Waals surface area contributed by atoms with Crippen LogP contribution in [0, 0.1) is 6.92 Å². The van der Waals surface area contributed by atoms with Crippen LogP contribution in [0.2, 0.25) is 0 Å². The van der Waals surface area contributed by atoms with Gasteiger partial charge in [-0.3, -0.25) is 0 Å². The Balaban J connectivity index is 2.03. The topological polar surface area (TPSA) is 52.0 Å². The van der Waals surface area contributed by atoms with Crippen LogP contribution in [0.15, 0.2) is 53.4 Å². The standard InChI is InChI=1S/C17H18N2O2S/c1-3-19-16-7-5-4-6-15(16)18-17(19)12-22(20,21)14-10-8-13(2)9-11-14/h4-11H,3,12H2,1-2H3. The molecule has 114 valence electrons. The maximum atomic E-state index is 12.6. The van der Waals surface area contributed by atoms with Crippen molar-refractivity contribution < 1.29 is 8.42 Å². The average Bonchev–Trinajstić information content (AvgIpc) is 2.83. The van der Waals surface area contributed by atoms with Gasteiger partial charge in [-0.15, -0.1) is 0 Å². The molecule has 1 aromatic heterocycles. The third-order valence-corrected chi connectivity index (χ3v) is 5.38. The summed E-state index contributed by atoms with van der Waals surface area (Å²) in [6.45, 7) is 4.63. The number of imidazole rings is 1. The summed E-state index contributed by atoms with van der Waals surface area (Å²) in [5.74, 6) is 0.503. The molecule has 0 aliphatic carbocycles. The maximum absolute atomic E-state index is 12.6. The average molecular weight is 314 g/mol. The molecule has 0 fully saturated rings. The Morgan fingerprint density at radius 3 is 2.41 bits per heavy atom. The van der Waals surface area contributed by atoms with Crippen molar-refractivity contribution in [3.8, 4) is 0 Å². The van der Waals surface area contributed by atoms with E-state index < -0.39 is 9.84 Å². The van der Waals surface area contributed by atoms with Crippen molar-refractivity contribution in [2.24, 2.45) is 0 Å². The van der Waals surface area contributed by atoms with Gasteiger partial charge in [-0.1, -0.05) is 29.8 Å². The van der Waals surface area contributed by atoms with Gasteiger partial charge in [0.1, 0.15) is 11.6 Å². The monoisotopic (exact) mass is 314 g/mol. The van der Waals surface area contributed by atoms with E-state index in [0.717, 1.165) is 16.6 Å². The Hall–Kier alpha value is -2.14. The van der Waals surface area contributed by atoms with Crippen LogP contribution in [0.1, 0.15) is 18.3 Å². The van der Waals surface area contributed by atoms with Crippen molar-refractivity contribution in [1.29, 1.82) is 0 Å². The molecule has 0 unspecified atom stereocenters. The van der Waals surface area contributed by atoms with E-state index in [1.165, 1.54) is 0 Å². The first-order chi connectivity index (χ1) is 10.5. The van der Waals surface area contributed by atoms with Crippen molar-refractivity contribution in [1.82, 2.24) is 9.55 Å². The zero-order valence-corrected chi connectivity index (χ0v) is 13.5. The minimum absolute atomic E-state index is 0.0847. The second-order valence-electron chi connectivity index (χ2n) is 5.33. The van der Waals surface area contributed by atoms with Crippen LogP contribution in [-0.2, 0) is 22.1 Å². The third-order valence-electron chi connectivity index (χ3n) is 3.75. The van der Waals surface area contributed by atoms with Crippen LogP contribution < -0.4 is 0 Å². The molecule has 3 aromatic rings. The Morgan fingerprint density at radius 1 is 1.05 bits per heavy atom. The number of rotatable bonds is 4. The number of nitrogens with zero attached hydrogens (tertiary/aromatic N) is 2. The van der Waals surface area contributed by atoms with Gasteiger partial charge in [0.15, 0.2) is 9.84 Å². The van der Waals surface area contributed by atoms with E-state index in [1.807, 2.05) is 54.8 Å². The Bertz CT molecular complexity index is 909. The van der Waals surface area contributed by atoms with Gasteiger partial charge in [0.2, 0.25) is 0 Å². The highest BCUT2D eigenvalue weighted by molar-refractivity contribution is 7.90. The van der Waals surface area contributed by atoms with Crippen molar-refractivity contribution in [3.63, 3.8) is 0 Å². The molecule has 3 rings (SSSR count). The van der Waals surface area contributed by atoms with Crippen LogP contribution in [0.25, 0.3) is 11.0 Å². The highest BCUT2D eigenvalue weighted by atomic mass is 32.2. The summed E-state index contributed by atoms with van der Waals surface area (Å²) in [5.41, 5.74) is 2.84. The number of hydrogen-bond acceptors (Lipinski definition) is 3. The second-order valence-corrected chi connectivity index (χ2v) is 7.32. The van der Waals surface area contributed by atoms with E-state index >= 15 is 0 Å². The molecule has 22 heavy (non-hydrogen) atoms. The van der Waals surface area contributed by atoms with Gasteiger partial charge >= 0.3 is 0 Å². The van der Waals surface area contributed by atoms with Crippen LogP contribution in [0.5, 0.6) is 0 Å². The highest BCUT2D eigenvalue weighted by Gasteiger charge is 2.20. The highest BCUT2D eigenvalue weighted by Crippen LogP contribution is 2.21. The summed E-state index contributed by atoms with van der Waals surface area (Å²) in [6, 6.07) is 14.7. The van der Waals surface area contributed by atoms with Crippen molar-refractivity contribution in [2.45, 2.75) is 31.0 Å². The lowest BCUT2D eigenvalue weighted by Gasteiger charge is -2.07. The Morgan fingerprint density at radius 2 is 1.73 bits per heavy atom. The minimum atomic E-state index is -3.39. The second kappa shape index (κ2) is 5.57. The summed E-state index contributed by atoms with van der Waals surface area (Å²) >= 11 is 0. The first kappa shape index (κ1) is 14.8. The van der Waals surface area contributed by atoms with Crippen LogP contribution in [0.4, 0.5) is 0 Å². The molecule has 0 atom stereocenters. The smallest absolute Gasteiger partial charge is 0.185 e. The molecular formula is C17H18N2O2S. The van der Waals surface area contributed by atoms with Crippen molar-refractivity contribution in [2.75, 3.05) is 0 Å². The fourth-order valence-electron chi connectivity index (χ4n) is 2.59. The van der Waals surface area contributed by atoms with Crippen LogP contribution >= 0.6 is 0 Å². The first-order valence-electron chi connectivity index (χ1n) is 7.25. The molecule has 1 heterocycles. The minimum Gasteiger partial charge on any atom is -0.327 e. The van der Waals surface area contributed by atoms with E-state index in [0.29, 0.717) is 17.3 Å². The lowest BCUT2D eigenvalue weighted by atomic mass is 10.2. The molecule has 0 saturated carbocycles. The Kier molecular flexibility index (Phi) is 3.74. The van der Waals surface area contributed by atoms with Crippen LogP contribution in [-0.4, -0.2) is 18.0 Å². The quantitative estimate of drug-likeness (QED) is 0.742. The summed E-state index contributed by atoms with van der Waals surface area (Å²) in [6.07, 6.45) is 0. The summed E-state index contributed by atoms with van der Waals surface area (Å²) in [7, 11) is -3.39. The molecule has 0 amide bonds. The largest absolute Gasteiger partial charge is 0.327 e. The number of para-hydroxylation sites is 2. The molecule has 0 radical (unpaired) electrons. The van der Waals surface area contributed by atoms with Crippen molar-refractivity contribution in [3.05, 3.63) is 59.9 Å². The molecule has 0 N–H and O–H groups in total. The molecule has 2 aromatic carbocycles. The van der Waals surface area contributed by atoms with Gasteiger partial charge in [-0.05, 0) is 38.1 Å². The molecule has 0 saturated heterocycles. The zero-order chi connectivity index (χ0) is 15.7. The van der Waals surface area contributed by atoms with Gasteiger partial charge in [-0.25, -0.2) is 13.4 Å². The number of benzene rings is 2. The summed E-state index contributed by atoms with van der Waals surface area (Å²) in [4.78, 5) is 4.84. The first-order valence-corrected chi connectivity index (χ1v) is 8.90. The molecule has 0 aliphatic rings. The number of fused-ring (bicyclic) bond motifs is 1. The number of aryl methyl sites for hydroxylation is 2. The number of hydrogen-bond donors (Lipinski definition) is 0. The van der Waals surface area contributed by atoms with Gasteiger partial charge in [0.05, 0.1) is 15.9 Å². The maximum Gasteiger partial charge on any atom is 0.185 e. The molecule has 5 heteroatoms. The molecule has 0 spiro atoms. The fourth-order valence-corrected chi connectivity index (χ4v) is 3.87. The van der Waals surface area contributed by atoms with Crippen molar-refractivity contribution >= 4 is 20.9 Å². The van der Waals surface area contributed by atoms with Gasteiger partial charge in [0, 0.05) is 6.54 Å².